The number of rotatable bonds is 6. The van der Waals surface area contributed by atoms with Gasteiger partial charge in [0.15, 0.2) is 5.82 Å². The topological polar surface area (TPSA) is 59.2 Å². The Morgan fingerprint density at radius 1 is 1.15 bits per heavy atom. The number of benzene rings is 1. The van der Waals surface area contributed by atoms with Gasteiger partial charge >= 0.3 is 0 Å². The number of hydrogen-bond donors (Lipinski definition) is 0. The van der Waals surface area contributed by atoms with Gasteiger partial charge in [0.2, 0.25) is 5.91 Å². The zero-order valence-electron chi connectivity index (χ0n) is 14.7. The van der Waals surface area contributed by atoms with Crippen LogP contribution in [0.15, 0.2) is 69.6 Å². The average Bonchev–Trinajstić information content (AvgIpc) is 3.39. The molecular weight excluding hydrogens is 378 g/mol. The van der Waals surface area contributed by atoms with Crippen LogP contribution in [0.5, 0.6) is 0 Å². The Bertz CT molecular complexity index is 1050. The number of fused-ring (bicyclic) bond motifs is 1. The summed E-state index contributed by atoms with van der Waals surface area (Å²) in [6.07, 6.45) is 1.61. The number of carbonyl (C=O) groups is 1. The highest BCUT2D eigenvalue weighted by Crippen LogP contribution is 2.30. The summed E-state index contributed by atoms with van der Waals surface area (Å²) in [6, 6.07) is 15.6. The molecule has 0 aliphatic heterocycles. The van der Waals surface area contributed by atoms with Crippen LogP contribution in [0.3, 0.4) is 0 Å². The smallest absolute Gasteiger partial charge is 0.233 e. The van der Waals surface area contributed by atoms with Crippen LogP contribution in [-0.2, 0) is 11.3 Å². The van der Waals surface area contributed by atoms with E-state index >= 15 is 0 Å². The Morgan fingerprint density at radius 2 is 2.04 bits per heavy atom. The van der Waals surface area contributed by atoms with Gasteiger partial charge in [-0.25, -0.2) is 9.97 Å². The second-order valence-electron chi connectivity index (χ2n) is 5.96. The first-order valence-corrected chi connectivity index (χ1v) is 10.3. The van der Waals surface area contributed by atoms with Gasteiger partial charge in [-0.3, -0.25) is 4.79 Å². The van der Waals surface area contributed by atoms with Crippen LogP contribution in [0.25, 0.3) is 21.6 Å². The Morgan fingerprint density at radius 3 is 2.81 bits per heavy atom. The lowest BCUT2D eigenvalue weighted by atomic mass is 10.2. The third-order valence-corrected chi connectivity index (χ3v) is 5.88. The molecule has 3 aromatic heterocycles. The van der Waals surface area contributed by atoms with E-state index in [0.717, 1.165) is 26.6 Å². The Labute approximate surface area is 165 Å². The SMILES string of the molecule is CN(Cc1ccco1)C(=O)CSc1nc(-c2cccs2)nc2ccccc12. The molecule has 4 aromatic rings. The first-order valence-electron chi connectivity index (χ1n) is 8.40. The molecule has 0 spiro atoms. The largest absolute Gasteiger partial charge is 0.467 e. The van der Waals surface area contributed by atoms with E-state index in [1.807, 2.05) is 53.9 Å². The van der Waals surface area contributed by atoms with Crippen molar-refractivity contribution in [2.24, 2.45) is 0 Å². The van der Waals surface area contributed by atoms with Crippen molar-refractivity contribution in [3.63, 3.8) is 0 Å². The minimum Gasteiger partial charge on any atom is -0.467 e. The van der Waals surface area contributed by atoms with Gasteiger partial charge in [-0.05, 0) is 29.6 Å². The van der Waals surface area contributed by atoms with Gasteiger partial charge in [-0.15, -0.1) is 11.3 Å². The van der Waals surface area contributed by atoms with Crippen molar-refractivity contribution >= 4 is 39.9 Å². The molecular formula is C20H17N3O2S2. The monoisotopic (exact) mass is 395 g/mol. The van der Waals surface area contributed by atoms with Crippen LogP contribution in [0.2, 0.25) is 0 Å². The molecule has 0 N–H and O–H groups in total. The molecule has 0 unspecified atom stereocenters. The van der Waals surface area contributed by atoms with Crippen LogP contribution in [0.1, 0.15) is 5.76 Å². The summed E-state index contributed by atoms with van der Waals surface area (Å²) in [7, 11) is 1.78. The van der Waals surface area contributed by atoms with Gasteiger partial charge < -0.3 is 9.32 Å². The van der Waals surface area contributed by atoms with E-state index in [1.54, 1.807) is 29.5 Å². The summed E-state index contributed by atoms with van der Waals surface area (Å²) in [5.41, 5.74) is 0.884. The zero-order valence-corrected chi connectivity index (χ0v) is 16.3. The van der Waals surface area contributed by atoms with E-state index in [1.165, 1.54) is 11.8 Å². The molecule has 0 saturated heterocycles. The number of nitrogens with zero attached hydrogens (tertiary/aromatic N) is 3. The number of furan rings is 1. The van der Waals surface area contributed by atoms with Crippen LogP contribution >= 0.6 is 23.1 Å². The maximum absolute atomic E-state index is 12.5. The van der Waals surface area contributed by atoms with Crippen LogP contribution < -0.4 is 0 Å². The molecule has 27 heavy (non-hydrogen) atoms. The minimum atomic E-state index is 0.0248. The number of thiophene rings is 1. The van der Waals surface area contributed by atoms with Crippen molar-refractivity contribution in [2.45, 2.75) is 11.6 Å². The average molecular weight is 396 g/mol. The molecule has 7 heteroatoms. The summed E-state index contributed by atoms with van der Waals surface area (Å²) in [5, 5.41) is 3.79. The lowest BCUT2D eigenvalue weighted by molar-refractivity contribution is -0.127. The summed E-state index contributed by atoms with van der Waals surface area (Å²) >= 11 is 3.05. The Kier molecular flexibility index (Phi) is 5.22. The highest BCUT2D eigenvalue weighted by Gasteiger charge is 2.15. The first-order chi connectivity index (χ1) is 13.2. The minimum absolute atomic E-state index is 0.0248. The molecule has 136 valence electrons. The summed E-state index contributed by atoms with van der Waals surface area (Å²) in [4.78, 5) is 24.6. The van der Waals surface area contributed by atoms with Crippen molar-refractivity contribution in [3.8, 4) is 10.7 Å². The second kappa shape index (κ2) is 7.94. The number of para-hydroxylation sites is 1. The van der Waals surface area contributed by atoms with E-state index in [9.17, 15) is 4.79 Å². The number of carbonyl (C=O) groups excluding carboxylic acids is 1. The molecule has 5 nitrogen and oxygen atoms in total. The highest BCUT2D eigenvalue weighted by molar-refractivity contribution is 8.00. The molecule has 1 aromatic carbocycles. The summed E-state index contributed by atoms with van der Waals surface area (Å²) in [5.74, 6) is 1.80. The summed E-state index contributed by atoms with van der Waals surface area (Å²) < 4.78 is 5.31. The number of amides is 1. The zero-order chi connectivity index (χ0) is 18.6. The van der Waals surface area contributed by atoms with Crippen molar-refractivity contribution in [1.29, 1.82) is 0 Å². The number of aromatic nitrogens is 2. The van der Waals surface area contributed by atoms with Crippen LogP contribution in [0.4, 0.5) is 0 Å². The molecule has 4 rings (SSSR count). The second-order valence-corrected chi connectivity index (χ2v) is 7.88. The quantitative estimate of drug-likeness (QED) is 0.350. The third kappa shape index (κ3) is 4.04. The fraction of sp³-hybridized carbons (Fsp3) is 0.150. The van der Waals surface area contributed by atoms with Gasteiger partial charge in [0.25, 0.3) is 0 Å². The van der Waals surface area contributed by atoms with Crippen LogP contribution in [-0.4, -0.2) is 33.6 Å². The molecule has 0 radical (unpaired) electrons. The van der Waals surface area contributed by atoms with Gasteiger partial charge in [0, 0.05) is 12.4 Å². The van der Waals surface area contributed by atoms with E-state index in [4.69, 9.17) is 9.40 Å². The normalized spacial score (nSPS) is 11.0. The number of thioether (sulfide) groups is 1. The van der Waals surface area contributed by atoms with Gasteiger partial charge in [-0.1, -0.05) is 36.0 Å². The third-order valence-electron chi connectivity index (χ3n) is 4.04. The van der Waals surface area contributed by atoms with E-state index in [2.05, 4.69) is 4.98 Å². The maximum atomic E-state index is 12.5. The first kappa shape index (κ1) is 17.8. The maximum Gasteiger partial charge on any atom is 0.233 e. The molecule has 3 heterocycles. The predicted octanol–water partition coefficient (Wildman–Crippen LogP) is 4.70. The van der Waals surface area contributed by atoms with Gasteiger partial charge in [0.1, 0.15) is 10.8 Å². The van der Waals surface area contributed by atoms with Crippen molar-refractivity contribution < 1.29 is 9.21 Å². The van der Waals surface area contributed by atoms with Crippen LogP contribution in [0, 0.1) is 0 Å². The molecule has 0 aliphatic carbocycles. The molecule has 0 fully saturated rings. The predicted molar refractivity (Wildman–Crippen MR) is 109 cm³/mol. The molecule has 1 amide bonds. The molecule has 0 aliphatic rings. The van der Waals surface area contributed by atoms with Gasteiger partial charge in [0.05, 0.1) is 29.0 Å². The van der Waals surface area contributed by atoms with Gasteiger partial charge in [-0.2, -0.15) is 0 Å². The Hall–Kier alpha value is -2.64. The lowest BCUT2D eigenvalue weighted by Gasteiger charge is -2.15. The summed E-state index contributed by atoms with van der Waals surface area (Å²) in [6.45, 7) is 0.456. The lowest BCUT2D eigenvalue weighted by Crippen LogP contribution is -2.27. The molecule has 0 saturated carbocycles. The Balaban J connectivity index is 1.55. The fourth-order valence-electron chi connectivity index (χ4n) is 2.64. The van der Waals surface area contributed by atoms with Crippen molar-refractivity contribution in [1.82, 2.24) is 14.9 Å². The highest BCUT2D eigenvalue weighted by atomic mass is 32.2. The van der Waals surface area contributed by atoms with Crippen molar-refractivity contribution in [3.05, 3.63) is 65.9 Å². The van der Waals surface area contributed by atoms with E-state index in [0.29, 0.717) is 18.1 Å². The van der Waals surface area contributed by atoms with E-state index in [-0.39, 0.29) is 5.91 Å². The van der Waals surface area contributed by atoms with Crippen molar-refractivity contribution in [2.75, 3.05) is 12.8 Å². The molecule has 0 bridgehead atoms. The fourth-order valence-corrected chi connectivity index (χ4v) is 4.26. The van der Waals surface area contributed by atoms with E-state index < -0.39 is 0 Å². The standard InChI is InChI=1S/C20H17N3O2S2/c1-23(12-14-6-4-10-25-14)18(24)13-27-20-15-7-2-3-8-16(15)21-19(22-20)17-9-5-11-26-17/h2-11H,12-13H2,1H3. The number of hydrogen-bond acceptors (Lipinski definition) is 6. The molecule has 0 atom stereocenters.